The van der Waals surface area contributed by atoms with Crippen LogP contribution in [0.2, 0.25) is 0 Å². The number of hydrogen-bond donors (Lipinski definition) is 1. The van der Waals surface area contributed by atoms with Gasteiger partial charge in [-0.15, -0.1) is 6.42 Å². The maximum atomic E-state index is 13.4. The van der Waals surface area contributed by atoms with Crippen molar-refractivity contribution in [3.05, 3.63) is 54.4 Å². The standard InChI is InChI=1S/C21H24F2N4O/c1-5-11-24-20(27-14-12-26(13-15-27)19(28)6-2)16(3)25-18-9-7-17(8-10-18)21(4,22)23/h2,5,7-11,25H,3,12-15H2,1,4H3/b11-5-,24-20+. The van der Waals surface area contributed by atoms with Gasteiger partial charge < -0.3 is 15.1 Å². The minimum Gasteiger partial charge on any atom is -0.353 e. The number of allylic oxidation sites excluding steroid dienone is 1. The second kappa shape index (κ2) is 9.18. The minimum absolute atomic E-state index is 0.0548. The van der Waals surface area contributed by atoms with Gasteiger partial charge in [0.2, 0.25) is 0 Å². The number of carbonyl (C=O) groups is 1. The first kappa shape index (κ1) is 21.2. The number of alkyl halides is 2. The fourth-order valence-electron chi connectivity index (χ4n) is 2.78. The van der Waals surface area contributed by atoms with E-state index in [9.17, 15) is 13.6 Å². The molecule has 0 radical (unpaired) electrons. The van der Waals surface area contributed by atoms with Gasteiger partial charge in [-0.1, -0.05) is 24.8 Å². The van der Waals surface area contributed by atoms with Crippen LogP contribution in [0, 0.1) is 12.3 Å². The predicted molar refractivity (Wildman–Crippen MR) is 108 cm³/mol. The number of amides is 1. The lowest BCUT2D eigenvalue weighted by Crippen LogP contribution is -2.51. The summed E-state index contributed by atoms with van der Waals surface area (Å²) in [5, 5.41) is 3.11. The molecule has 1 aromatic rings. The average Bonchev–Trinajstić information content (AvgIpc) is 2.68. The van der Waals surface area contributed by atoms with Crippen molar-refractivity contribution in [1.82, 2.24) is 9.80 Å². The molecule has 28 heavy (non-hydrogen) atoms. The largest absolute Gasteiger partial charge is 0.353 e. The summed E-state index contributed by atoms with van der Waals surface area (Å²) in [6.07, 6.45) is 8.63. The Balaban J connectivity index is 2.10. The summed E-state index contributed by atoms with van der Waals surface area (Å²) in [5.74, 6) is -0.460. The number of nitrogens with zero attached hydrogens (tertiary/aromatic N) is 3. The smallest absolute Gasteiger partial charge is 0.298 e. The summed E-state index contributed by atoms with van der Waals surface area (Å²) in [6.45, 7) is 8.86. The first-order chi connectivity index (χ1) is 13.3. The van der Waals surface area contributed by atoms with Crippen molar-refractivity contribution in [1.29, 1.82) is 0 Å². The van der Waals surface area contributed by atoms with Crippen LogP contribution in [0.4, 0.5) is 14.5 Å². The third-order valence-corrected chi connectivity index (χ3v) is 4.29. The van der Waals surface area contributed by atoms with Crippen LogP contribution in [0.1, 0.15) is 19.4 Å². The minimum atomic E-state index is -2.89. The van der Waals surface area contributed by atoms with Crippen LogP contribution in [0.5, 0.6) is 0 Å². The molecule has 1 heterocycles. The van der Waals surface area contributed by atoms with E-state index in [2.05, 4.69) is 22.8 Å². The van der Waals surface area contributed by atoms with Gasteiger partial charge in [-0.05, 0) is 25.0 Å². The maximum Gasteiger partial charge on any atom is 0.298 e. The molecular weight excluding hydrogens is 362 g/mol. The molecule has 0 spiro atoms. The van der Waals surface area contributed by atoms with Crippen LogP contribution in [0.3, 0.4) is 0 Å². The van der Waals surface area contributed by atoms with E-state index >= 15 is 0 Å². The van der Waals surface area contributed by atoms with Gasteiger partial charge in [-0.25, -0.2) is 13.8 Å². The number of halogens is 2. The lowest BCUT2D eigenvalue weighted by atomic mass is 10.1. The van der Waals surface area contributed by atoms with E-state index in [1.165, 1.54) is 12.1 Å². The molecule has 1 aliphatic rings. The van der Waals surface area contributed by atoms with E-state index in [1.807, 2.05) is 11.8 Å². The van der Waals surface area contributed by atoms with Crippen LogP contribution in [-0.2, 0) is 10.7 Å². The van der Waals surface area contributed by atoms with Crippen molar-refractivity contribution < 1.29 is 13.6 Å². The summed E-state index contributed by atoms with van der Waals surface area (Å²) in [6, 6.07) is 5.91. The highest BCUT2D eigenvalue weighted by atomic mass is 19.3. The molecular formula is C21H24F2N4O. The number of nitrogens with one attached hydrogen (secondary N) is 1. The first-order valence-electron chi connectivity index (χ1n) is 8.90. The Morgan fingerprint density at radius 3 is 2.32 bits per heavy atom. The number of anilines is 1. The highest BCUT2D eigenvalue weighted by molar-refractivity contribution is 6.01. The monoisotopic (exact) mass is 386 g/mol. The normalized spacial score (nSPS) is 15.5. The molecule has 148 valence electrons. The lowest BCUT2D eigenvalue weighted by Gasteiger charge is -2.36. The molecule has 1 amide bonds. The van der Waals surface area contributed by atoms with Crippen LogP contribution >= 0.6 is 0 Å². The second-order valence-corrected chi connectivity index (χ2v) is 6.43. The molecule has 7 heteroatoms. The zero-order valence-corrected chi connectivity index (χ0v) is 16.1. The third kappa shape index (κ3) is 5.43. The number of amidine groups is 1. The van der Waals surface area contributed by atoms with Crippen LogP contribution in [-0.4, -0.2) is 47.7 Å². The molecule has 5 nitrogen and oxygen atoms in total. The molecule has 0 bridgehead atoms. The van der Waals surface area contributed by atoms with Crippen molar-refractivity contribution in [3.8, 4) is 12.3 Å². The van der Waals surface area contributed by atoms with Crippen molar-refractivity contribution in [2.24, 2.45) is 4.99 Å². The first-order valence-corrected chi connectivity index (χ1v) is 8.90. The molecule has 1 fully saturated rings. The number of carbonyl (C=O) groups excluding carboxylic acids is 1. The number of piperazine rings is 1. The van der Waals surface area contributed by atoms with Crippen molar-refractivity contribution in [3.63, 3.8) is 0 Å². The van der Waals surface area contributed by atoms with E-state index in [1.54, 1.807) is 29.3 Å². The molecule has 2 rings (SSSR count). The van der Waals surface area contributed by atoms with E-state index < -0.39 is 5.92 Å². The summed E-state index contributed by atoms with van der Waals surface area (Å²) in [7, 11) is 0. The second-order valence-electron chi connectivity index (χ2n) is 6.43. The highest BCUT2D eigenvalue weighted by Crippen LogP contribution is 2.28. The molecule has 0 aliphatic carbocycles. The Hall–Kier alpha value is -3.14. The molecule has 0 atom stereocenters. The summed E-state index contributed by atoms with van der Waals surface area (Å²) < 4.78 is 26.7. The number of hydrogen-bond acceptors (Lipinski definition) is 3. The van der Waals surface area contributed by atoms with Crippen molar-refractivity contribution >= 4 is 17.4 Å². The maximum absolute atomic E-state index is 13.4. The highest BCUT2D eigenvalue weighted by Gasteiger charge is 2.25. The Labute approximate surface area is 164 Å². The average molecular weight is 386 g/mol. The lowest BCUT2D eigenvalue weighted by molar-refractivity contribution is -0.126. The topological polar surface area (TPSA) is 47.9 Å². The van der Waals surface area contributed by atoms with E-state index in [0.717, 1.165) is 6.92 Å². The molecule has 1 aliphatic heterocycles. The number of terminal acetylenes is 1. The zero-order valence-electron chi connectivity index (χ0n) is 16.1. The van der Waals surface area contributed by atoms with E-state index in [-0.39, 0.29) is 11.5 Å². The van der Waals surface area contributed by atoms with Crippen molar-refractivity contribution in [2.75, 3.05) is 31.5 Å². The van der Waals surface area contributed by atoms with Gasteiger partial charge in [-0.3, -0.25) is 4.79 Å². The van der Waals surface area contributed by atoms with Gasteiger partial charge in [0.05, 0.1) is 5.70 Å². The van der Waals surface area contributed by atoms with Crippen molar-refractivity contribution in [2.45, 2.75) is 19.8 Å². The summed E-state index contributed by atoms with van der Waals surface area (Å²) in [4.78, 5) is 19.7. The van der Waals surface area contributed by atoms with Gasteiger partial charge in [0.15, 0.2) is 5.84 Å². The molecule has 0 aromatic heterocycles. The Bertz CT molecular complexity index is 808. The van der Waals surface area contributed by atoms with E-state index in [0.29, 0.717) is 43.4 Å². The predicted octanol–water partition coefficient (Wildman–Crippen LogP) is 3.43. The Morgan fingerprint density at radius 1 is 1.25 bits per heavy atom. The summed E-state index contributed by atoms with van der Waals surface area (Å²) in [5.41, 5.74) is 1.11. The third-order valence-electron chi connectivity index (χ3n) is 4.29. The fourth-order valence-corrected chi connectivity index (χ4v) is 2.78. The number of aliphatic imine (C=N–C) groups is 1. The van der Waals surface area contributed by atoms with Gasteiger partial charge in [0.1, 0.15) is 0 Å². The Kier molecular flexibility index (Phi) is 6.94. The van der Waals surface area contributed by atoms with Gasteiger partial charge >= 0.3 is 0 Å². The van der Waals surface area contributed by atoms with Gasteiger partial charge in [0.25, 0.3) is 11.8 Å². The fraction of sp³-hybridized carbons (Fsp3) is 0.333. The van der Waals surface area contributed by atoms with Crippen LogP contribution in [0.15, 0.2) is 53.8 Å². The SMILES string of the molecule is C#CC(=O)N1CCN(/C(=N/C=C\C)C(=C)Nc2ccc(C(C)(F)F)cc2)CC1. The molecule has 0 unspecified atom stereocenters. The van der Waals surface area contributed by atoms with Crippen LogP contribution in [0.25, 0.3) is 0 Å². The van der Waals surface area contributed by atoms with Crippen LogP contribution < -0.4 is 5.32 Å². The zero-order chi connectivity index (χ0) is 20.7. The van der Waals surface area contributed by atoms with Gasteiger partial charge in [-0.2, -0.15) is 0 Å². The molecule has 0 saturated carbocycles. The summed E-state index contributed by atoms with van der Waals surface area (Å²) >= 11 is 0. The van der Waals surface area contributed by atoms with Gasteiger partial charge in [0, 0.05) is 50.6 Å². The Morgan fingerprint density at radius 2 is 1.82 bits per heavy atom. The quantitative estimate of drug-likeness (QED) is 0.479. The molecule has 1 N–H and O–H groups in total. The number of rotatable bonds is 5. The van der Waals surface area contributed by atoms with E-state index in [4.69, 9.17) is 6.42 Å². The number of benzene rings is 1. The molecule has 1 aromatic carbocycles. The molecule has 1 saturated heterocycles.